The Labute approximate surface area is 114 Å². The Hall–Kier alpha value is -1.51. The number of nitrogens with zero attached hydrogens (tertiary/aromatic N) is 1. The van der Waals surface area contributed by atoms with Crippen molar-refractivity contribution < 1.29 is 0 Å². The zero-order chi connectivity index (χ0) is 11.7. The number of hydrogen-bond acceptors (Lipinski definition) is 2. The Kier molecular flexibility index (Phi) is 3.90. The second-order valence-electron chi connectivity index (χ2n) is 4.40. The van der Waals surface area contributed by atoms with Gasteiger partial charge < -0.3 is 10.6 Å². The molecule has 0 saturated heterocycles. The topological polar surface area (TPSA) is 29.3 Å². The van der Waals surface area contributed by atoms with Gasteiger partial charge in [-0.2, -0.15) is 0 Å². The summed E-state index contributed by atoms with van der Waals surface area (Å²) in [4.78, 5) is 2.37. The number of nitrogens with two attached hydrogens (primary N) is 1. The second kappa shape index (κ2) is 5.42. The molecule has 94 valence electrons. The third-order valence-corrected chi connectivity index (χ3v) is 3.35. The lowest BCUT2D eigenvalue weighted by Crippen LogP contribution is -2.13. The van der Waals surface area contributed by atoms with Gasteiger partial charge in [-0.25, -0.2) is 0 Å². The average molecular weight is 261 g/mol. The molecule has 1 aliphatic rings. The van der Waals surface area contributed by atoms with Crippen LogP contribution in [0.1, 0.15) is 11.1 Å². The number of rotatable bonds is 2. The van der Waals surface area contributed by atoms with Crippen LogP contribution >= 0.6 is 12.4 Å². The van der Waals surface area contributed by atoms with Crippen molar-refractivity contribution in [3.05, 3.63) is 59.7 Å². The van der Waals surface area contributed by atoms with E-state index in [0.717, 1.165) is 13.0 Å². The van der Waals surface area contributed by atoms with Crippen LogP contribution < -0.4 is 10.6 Å². The SMILES string of the molecule is Cl.NCc1cccc(N2CCc3ccccc32)c1. The molecule has 18 heavy (non-hydrogen) atoms. The Balaban J connectivity index is 0.00000120. The minimum atomic E-state index is 0. The van der Waals surface area contributed by atoms with E-state index in [4.69, 9.17) is 5.73 Å². The molecule has 0 radical (unpaired) electrons. The van der Waals surface area contributed by atoms with Gasteiger partial charge in [-0.15, -0.1) is 12.4 Å². The van der Waals surface area contributed by atoms with Crippen LogP contribution in [0.5, 0.6) is 0 Å². The zero-order valence-corrected chi connectivity index (χ0v) is 11.0. The Morgan fingerprint density at radius 3 is 2.72 bits per heavy atom. The highest BCUT2D eigenvalue weighted by Gasteiger charge is 2.19. The zero-order valence-electron chi connectivity index (χ0n) is 10.2. The first kappa shape index (κ1) is 12.9. The van der Waals surface area contributed by atoms with E-state index in [1.165, 1.54) is 22.5 Å². The molecule has 1 aliphatic heterocycles. The normalized spacial score (nSPS) is 13.1. The monoisotopic (exact) mass is 260 g/mol. The molecule has 0 atom stereocenters. The maximum Gasteiger partial charge on any atom is 0.0444 e. The quantitative estimate of drug-likeness (QED) is 0.898. The van der Waals surface area contributed by atoms with Crippen molar-refractivity contribution in [2.75, 3.05) is 11.4 Å². The van der Waals surface area contributed by atoms with Crippen molar-refractivity contribution in [3.8, 4) is 0 Å². The van der Waals surface area contributed by atoms with Crippen LogP contribution in [0, 0.1) is 0 Å². The number of fused-ring (bicyclic) bond motifs is 1. The fourth-order valence-electron chi connectivity index (χ4n) is 2.46. The summed E-state index contributed by atoms with van der Waals surface area (Å²) < 4.78 is 0. The van der Waals surface area contributed by atoms with Crippen LogP contribution in [0.15, 0.2) is 48.5 Å². The van der Waals surface area contributed by atoms with E-state index in [1.807, 2.05) is 0 Å². The van der Waals surface area contributed by atoms with Gasteiger partial charge in [0.05, 0.1) is 0 Å². The third kappa shape index (κ3) is 2.22. The van der Waals surface area contributed by atoms with Crippen molar-refractivity contribution in [1.29, 1.82) is 0 Å². The highest BCUT2D eigenvalue weighted by molar-refractivity contribution is 5.85. The largest absolute Gasteiger partial charge is 0.341 e. The highest BCUT2D eigenvalue weighted by Crippen LogP contribution is 2.34. The summed E-state index contributed by atoms with van der Waals surface area (Å²) in [6.45, 7) is 1.66. The number of benzene rings is 2. The van der Waals surface area contributed by atoms with Gasteiger partial charge in [0.15, 0.2) is 0 Å². The van der Waals surface area contributed by atoms with Crippen molar-refractivity contribution in [3.63, 3.8) is 0 Å². The average Bonchev–Trinajstić information content (AvgIpc) is 2.82. The van der Waals surface area contributed by atoms with Gasteiger partial charge in [0.2, 0.25) is 0 Å². The molecular weight excluding hydrogens is 244 g/mol. The summed E-state index contributed by atoms with van der Waals surface area (Å²) in [6, 6.07) is 17.1. The van der Waals surface area contributed by atoms with E-state index < -0.39 is 0 Å². The maximum atomic E-state index is 5.69. The lowest BCUT2D eigenvalue weighted by Gasteiger charge is -2.20. The molecule has 0 bridgehead atoms. The first-order valence-corrected chi connectivity index (χ1v) is 6.03. The van der Waals surface area contributed by atoms with E-state index in [0.29, 0.717) is 6.54 Å². The standard InChI is InChI=1S/C15H16N2.ClH/c16-11-12-4-3-6-14(10-12)17-9-8-13-5-1-2-7-15(13)17;/h1-7,10H,8-9,11,16H2;1H. The first-order valence-electron chi connectivity index (χ1n) is 6.03. The molecule has 0 aliphatic carbocycles. The van der Waals surface area contributed by atoms with E-state index in [2.05, 4.69) is 53.4 Å². The molecule has 2 nitrogen and oxygen atoms in total. The van der Waals surface area contributed by atoms with Crippen LogP contribution in [0.4, 0.5) is 11.4 Å². The molecule has 2 N–H and O–H groups in total. The summed E-state index contributed by atoms with van der Waals surface area (Å²) >= 11 is 0. The minimum Gasteiger partial charge on any atom is -0.341 e. The Bertz CT molecular complexity index is 540. The van der Waals surface area contributed by atoms with Crippen LogP contribution in [-0.4, -0.2) is 6.54 Å². The van der Waals surface area contributed by atoms with Crippen molar-refractivity contribution in [2.24, 2.45) is 5.73 Å². The summed E-state index contributed by atoms with van der Waals surface area (Å²) in [5, 5.41) is 0. The van der Waals surface area contributed by atoms with Gasteiger partial charge in [-0.3, -0.25) is 0 Å². The third-order valence-electron chi connectivity index (χ3n) is 3.35. The Morgan fingerprint density at radius 2 is 1.89 bits per heavy atom. The van der Waals surface area contributed by atoms with Crippen LogP contribution in [0.2, 0.25) is 0 Å². The molecule has 3 heteroatoms. The summed E-state index contributed by atoms with van der Waals surface area (Å²) in [5.74, 6) is 0. The van der Waals surface area contributed by atoms with Crippen LogP contribution in [0.25, 0.3) is 0 Å². The smallest absolute Gasteiger partial charge is 0.0444 e. The number of anilines is 2. The molecule has 0 saturated carbocycles. The van der Waals surface area contributed by atoms with E-state index in [1.54, 1.807) is 0 Å². The molecule has 2 aromatic rings. The van der Waals surface area contributed by atoms with Crippen molar-refractivity contribution >= 4 is 23.8 Å². The summed E-state index contributed by atoms with van der Waals surface area (Å²) in [6.07, 6.45) is 1.13. The lowest BCUT2D eigenvalue weighted by atomic mass is 10.1. The second-order valence-corrected chi connectivity index (χ2v) is 4.40. The maximum absolute atomic E-state index is 5.69. The highest BCUT2D eigenvalue weighted by atomic mass is 35.5. The summed E-state index contributed by atoms with van der Waals surface area (Å²) in [7, 11) is 0. The van der Waals surface area contributed by atoms with Gasteiger partial charge in [-0.1, -0.05) is 30.3 Å². The fourth-order valence-corrected chi connectivity index (χ4v) is 2.46. The molecule has 0 amide bonds. The fraction of sp³-hybridized carbons (Fsp3) is 0.200. The van der Waals surface area contributed by atoms with Crippen molar-refractivity contribution in [1.82, 2.24) is 0 Å². The molecule has 0 spiro atoms. The van der Waals surface area contributed by atoms with Crippen molar-refractivity contribution in [2.45, 2.75) is 13.0 Å². The summed E-state index contributed by atoms with van der Waals surface area (Å²) in [5.41, 5.74) is 10.9. The molecule has 0 aromatic heterocycles. The number of hydrogen-bond donors (Lipinski definition) is 1. The molecule has 2 aromatic carbocycles. The van der Waals surface area contributed by atoms with Gasteiger partial charge in [-0.05, 0) is 35.7 Å². The van der Waals surface area contributed by atoms with Gasteiger partial charge in [0.25, 0.3) is 0 Å². The predicted octanol–water partition coefficient (Wildman–Crippen LogP) is 3.26. The minimum absolute atomic E-state index is 0. The number of halogens is 1. The van der Waals surface area contributed by atoms with Gasteiger partial charge >= 0.3 is 0 Å². The molecule has 3 rings (SSSR count). The lowest BCUT2D eigenvalue weighted by molar-refractivity contribution is 0.991. The Morgan fingerprint density at radius 1 is 1.06 bits per heavy atom. The number of para-hydroxylation sites is 1. The molecule has 0 fully saturated rings. The van der Waals surface area contributed by atoms with Crippen LogP contribution in [-0.2, 0) is 13.0 Å². The van der Waals surface area contributed by atoms with E-state index in [-0.39, 0.29) is 12.4 Å². The predicted molar refractivity (Wildman–Crippen MR) is 78.7 cm³/mol. The molecule has 1 heterocycles. The molecular formula is C15H17ClN2. The molecule has 0 unspecified atom stereocenters. The first-order chi connectivity index (χ1) is 8.38. The van der Waals surface area contributed by atoms with E-state index in [9.17, 15) is 0 Å². The van der Waals surface area contributed by atoms with Gasteiger partial charge in [0.1, 0.15) is 0 Å². The van der Waals surface area contributed by atoms with E-state index >= 15 is 0 Å². The van der Waals surface area contributed by atoms with Crippen LogP contribution in [0.3, 0.4) is 0 Å². The van der Waals surface area contributed by atoms with Gasteiger partial charge in [0, 0.05) is 24.5 Å².